The molecule has 1 heterocycles. The molecule has 0 saturated heterocycles. The Morgan fingerprint density at radius 2 is 1.80 bits per heavy atom. The minimum absolute atomic E-state index is 0.0144. The predicted octanol–water partition coefficient (Wildman–Crippen LogP) is 4.99. The van der Waals surface area contributed by atoms with Gasteiger partial charge < -0.3 is 19.0 Å². The number of fused-ring (bicyclic) bond motifs is 1. The molecule has 0 bridgehead atoms. The highest BCUT2D eigenvalue weighted by atomic mass is 19.1. The first-order valence-corrected chi connectivity index (χ1v) is 10.1. The van der Waals surface area contributed by atoms with E-state index in [1.54, 1.807) is 31.2 Å². The van der Waals surface area contributed by atoms with E-state index in [0.717, 1.165) is 29.5 Å². The van der Waals surface area contributed by atoms with Crippen LogP contribution in [0, 0.1) is 5.41 Å². The molecule has 160 valence electrons. The molecule has 0 spiro atoms. The lowest BCUT2D eigenvalue weighted by Gasteiger charge is -2.23. The highest BCUT2D eigenvalue weighted by Gasteiger charge is 2.24. The Morgan fingerprint density at radius 1 is 1.07 bits per heavy atom. The molecule has 0 aliphatic heterocycles. The molecular formula is C24H27FO5. The maximum atomic E-state index is 13.1. The van der Waals surface area contributed by atoms with Crippen molar-refractivity contribution in [1.29, 1.82) is 0 Å². The van der Waals surface area contributed by atoms with Crippen LogP contribution in [0.1, 0.15) is 26.7 Å². The van der Waals surface area contributed by atoms with E-state index in [9.17, 15) is 14.3 Å². The fraction of sp³-hybridized carbons (Fsp3) is 0.375. The molecule has 1 unspecified atom stereocenters. The van der Waals surface area contributed by atoms with E-state index in [2.05, 4.69) is 6.92 Å². The van der Waals surface area contributed by atoms with Crippen LogP contribution in [0.5, 0.6) is 11.5 Å². The van der Waals surface area contributed by atoms with E-state index >= 15 is 0 Å². The molecule has 30 heavy (non-hydrogen) atoms. The maximum absolute atomic E-state index is 13.1. The van der Waals surface area contributed by atoms with Crippen LogP contribution in [0.15, 0.2) is 57.7 Å². The molecule has 2 aromatic carbocycles. The molecule has 0 saturated carbocycles. The topological polar surface area (TPSA) is 68.9 Å². The van der Waals surface area contributed by atoms with Crippen LogP contribution in [0.2, 0.25) is 0 Å². The van der Waals surface area contributed by atoms with Crippen LogP contribution in [0.25, 0.3) is 22.1 Å². The smallest absolute Gasteiger partial charge is 0.344 e. The van der Waals surface area contributed by atoms with Gasteiger partial charge in [0.25, 0.3) is 0 Å². The minimum Gasteiger partial charge on any atom is -0.494 e. The van der Waals surface area contributed by atoms with Crippen molar-refractivity contribution < 1.29 is 23.4 Å². The first kappa shape index (κ1) is 21.8. The Morgan fingerprint density at radius 3 is 2.47 bits per heavy atom. The highest BCUT2D eigenvalue weighted by molar-refractivity contribution is 5.82. The van der Waals surface area contributed by atoms with Crippen molar-refractivity contribution in [3.63, 3.8) is 0 Å². The van der Waals surface area contributed by atoms with Crippen molar-refractivity contribution in [2.45, 2.75) is 26.7 Å². The van der Waals surface area contributed by atoms with E-state index in [1.807, 2.05) is 24.3 Å². The van der Waals surface area contributed by atoms with Crippen LogP contribution in [0.4, 0.5) is 4.39 Å². The number of halogens is 1. The third-order valence-corrected chi connectivity index (χ3v) is 4.93. The van der Waals surface area contributed by atoms with Gasteiger partial charge in [0.2, 0.25) is 0 Å². The molecule has 0 fully saturated rings. The summed E-state index contributed by atoms with van der Waals surface area (Å²) in [6.07, 6.45) is 2.06. The molecule has 0 radical (unpaired) electrons. The van der Waals surface area contributed by atoms with E-state index in [1.165, 1.54) is 0 Å². The molecule has 1 N–H and O–H groups in total. The second kappa shape index (κ2) is 9.76. The van der Waals surface area contributed by atoms with Crippen LogP contribution < -0.4 is 15.1 Å². The first-order chi connectivity index (χ1) is 14.5. The molecule has 0 aliphatic rings. The van der Waals surface area contributed by atoms with Crippen LogP contribution in [0.3, 0.4) is 0 Å². The van der Waals surface area contributed by atoms with Gasteiger partial charge in [-0.05, 0) is 42.3 Å². The number of alkyl halides is 1. The molecule has 0 amide bonds. The molecule has 1 atom stereocenters. The van der Waals surface area contributed by atoms with Gasteiger partial charge in [-0.1, -0.05) is 32.4 Å². The van der Waals surface area contributed by atoms with Gasteiger partial charge in [-0.25, -0.2) is 4.79 Å². The lowest BCUT2D eigenvalue weighted by atomic mass is 9.95. The lowest BCUT2D eigenvalue weighted by molar-refractivity contribution is 0.0588. The van der Waals surface area contributed by atoms with Crippen LogP contribution in [-0.2, 0) is 0 Å². The molecular weight excluding hydrogens is 387 g/mol. The second-order valence-corrected chi connectivity index (χ2v) is 7.76. The molecule has 6 heteroatoms. The summed E-state index contributed by atoms with van der Waals surface area (Å²) in [6, 6.07) is 14.2. The van der Waals surface area contributed by atoms with Gasteiger partial charge in [0.1, 0.15) is 23.8 Å². The zero-order valence-electron chi connectivity index (χ0n) is 17.3. The lowest BCUT2D eigenvalue weighted by Crippen LogP contribution is -2.31. The molecule has 5 nitrogen and oxygen atoms in total. The third-order valence-electron chi connectivity index (χ3n) is 4.93. The van der Waals surface area contributed by atoms with E-state index in [0.29, 0.717) is 23.5 Å². The number of rotatable bonds is 10. The van der Waals surface area contributed by atoms with Crippen LogP contribution >= 0.6 is 0 Å². The number of benzene rings is 2. The summed E-state index contributed by atoms with van der Waals surface area (Å²) in [6.45, 7) is 3.37. The number of aliphatic hydroxyl groups excluding tert-OH is 1. The number of unbranched alkanes of at least 4 members (excludes halogenated alkanes) is 1. The molecule has 0 aliphatic carbocycles. The highest BCUT2D eigenvalue weighted by Crippen LogP contribution is 2.27. The number of ether oxygens (including phenoxy) is 2. The Balaban J connectivity index is 1.80. The Kier molecular flexibility index (Phi) is 7.11. The maximum Gasteiger partial charge on any atom is 0.344 e. The molecule has 1 aromatic heterocycles. The predicted molar refractivity (Wildman–Crippen MR) is 115 cm³/mol. The Bertz CT molecular complexity index is 1020. The van der Waals surface area contributed by atoms with E-state index < -0.39 is 17.7 Å². The fourth-order valence-electron chi connectivity index (χ4n) is 2.83. The van der Waals surface area contributed by atoms with Gasteiger partial charge in [0, 0.05) is 11.5 Å². The first-order valence-electron chi connectivity index (χ1n) is 10.1. The molecule has 3 rings (SSSR count). The standard InChI is InChI=1S/C24H27FO5/c1-3-4-11-28-19-8-5-17(6-9-19)21-12-18-7-10-20(13-22(18)30-23(21)27)29-16-24(2,14-25)15-26/h5-10,12-13,26H,3-4,11,14-16H2,1-2H3. The van der Waals surface area contributed by atoms with Gasteiger partial charge in [-0.2, -0.15) is 0 Å². The number of aliphatic hydroxyl groups is 1. The Hall–Kier alpha value is -2.86. The summed E-state index contributed by atoms with van der Waals surface area (Å²) >= 11 is 0. The van der Waals surface area contributed by atoms with Crippen molar-refractivity contribution in [3.8, 4) is 22.6 Å². The van der Waals surface area contributed by atoms with Gasteiger partial charge in [-0.3, -0.25) is 4.39 Å². The largest absolute Gasteiger partial charge is 0.494 e. The SMILES string of the molecule is CCCCOc1ccc(-c2cc3ccc(OCC(C)(CO)CF)cc3oc2=O)cc1. The van der Waals surface area contributed by atoms with Crippen molar-refractivity contribution in [3.05, 3.63) is 59.0 Å². The number of hydrogen-bond acceptors (Lipinski definition) is 5. The summed E-state index contributed by atoms with van der Waals surface area (Å²) in [5, 5.41) is 10.0. The van der Waals surface area contributed by atoms with Crippen LogP contribution in [-0.4, -0.2) is 31.6 Å². The average Bonchev–Trinajstić information content (AvgIpc) is 2.77. The summed E-state index contributed by atoms with van der Waals surface area (Å²) in [5.74, 6) is 1.21. The Labute approximate surface area is 175 Å². The van der Waals surface area contributed by atoms with E-state index in [4.69, 9.17) is 13.9 Å². The van der Waals surface area contributed by atoms with Gasteiger partial charge in [0.15, 0.2) is 0 Å². The number of hydrogen-bond donors (Lipinski definition) is 1. The van der Waals surface area contributed by atoms with Crippen molar-refractivity contribution >= 4 is 11.0 Å². The molecule has 3 aromatic rings. The summed E-state index contributed by atoms with van der Waals surface area (Å²) < 4.78 is 29.8. The van der Waals surface area contributed by atoms with Crippen molar-refractivity contribution in [1.82, 2.24) is 0 Å². The summed E-state index contributed by atoms with van der Waals surface area (Å²) in [4.78, 5) is 12.5. The monoisotopic (exact) mass is 414 g/mol. The average molecular weight is 414 g/mol. The second-order valence-electron chi connectivity index (χ2n) is 7.76. The minimum atomic E-state index is -0.966. The zero-order chi connectivity index (χ0) is 21.6. The van der Waals surface area contributed by atoms with Crippen molar-refractivity contribution in [2.24, 2.45) is 5.41 Å². The third kappa shape index (κ3) is 5.19. The van der Waals surface area contributed by atoms with Gasteiger partial charge in [0.05, 0.1) is 30.8 Å². The fourth-order valence-corrected chi connectivity index (χ4v) is 2.83. The van der Waals surface area contributed by atoms with E-state index in [-0.39, 0.29) is 13.2 Å². The normalized spacial score (nSPS) is 13.2. The van der Waals surface area contributed by atoms with Crippen molar-refractivity contribution in [2.75, 3.05) is 26.5 Å². The zero-order valence-corrected chi connectivity index (χ0v) is 17.3. The quantitative estimate of drug-likeness (QED) is 0.374. The van der Waals surface area contributed by atoms with Gasteiger partial charge >= 0.3 is 5.63 Å². The summed E-state index contributed by atoms with van der Waals surface area (Å²) in [5.41, 5.74) is 0.165. The summed E-state index contributed by atoms with van der Waals surface area (Å²) in [7, 11) is 0. The van der Waals surface area contributed by atoms with Gasteiger partial charge in [-0.15, -0.1) is 0 Å².